The van der Waals surface area contributed by atoms with Crippen LogP contribution in [0.2, 0.25) is 0 Å². The van der Waals surface area contributed by atoms with E-state index in [1.807, 2.05) is 26.8 Å². The van der Waals surface area contributed by atoms with Gasteiger partial charge in [-0.3, -0.25) is 4.79 Å². The number of hydrogen-bond acceptors (Lipinski definition) is 3. The van der Waals surface area contributed by atoms with Gasteiger partial charge in [-0.2, -0.15) is 0 Å². The minimum absolute atomic E-state index is 0.0584. The monoisotopic (exact) mass is 193 g/mol. The first-order valence-electron chi connectivity index (χ1n) is 4.66. The number of carbonyl (C=O) groups is 1. The molecule has 1 aromatic rings. The molecule has 0 saturated carbocycles. The number of aromatic nitrogens is 3. The third-order valence-electron chi connectivity index (χ3n) is 1.94. The molecular formula is C10H15N3O. The second-order valence-electron chi connectivity index (χ2n) is 3.52. The van der Waals surface area contributed by atoms with E-state index in [0.29, 0.717) is 6.54 Å². The third-order valence-corrected chi connectivity index (χ3v) is 1.94. The molecule has 0 aliphatic carbocycles. The summed E-state index contributed by atoms with van der Waals surface area (Å²) in [7, 11) is 0. The number of nitrogens with zero attached hydrogens (tertiary/aromatic N) is 3. The largest absolute Gasteiger partial charge is 0.295 e. The van der Waals surface area contributed by atoms with Gasteiger partial charge in [0.25, 0.3) is 0 Å². The van der Waals surface area contributed by atoms with Crippen molar-refractivity contribution in [3.05, 3.63) is 24.0 Å². The van der Waals surface area contributed by atoms with Crippen molar-refractivity contribution in [2.75, 3.05) is 0 Å². The first kappa shape index (κ1) is 10.6. The fourth-order valence-electron chi connectivity index (χ4n) is 0.951. The zero-order valence-electron chi connectivity index (χ0n) is 8.77. The first-order chi connectivity index (χ1) is 6.61. The second-order valence-corrected chi connectivity index (χ2v) is 3.52. The molecule has 0 bridgehead atoms. The summed E-state index contributed by atoms with van der Waals surface area (Å²) in [5, 5.41) is 7.61. The number of allylic oxidation sites excluding steroid dienone is 2. The summed E-state index contributed by atoms with van der Waals surface area (Å²) >= 11 is 0. The number of carbonyl (C=O) groups excluding carboxylic acids is 1. The smallest absolute Gasteiger partial charge is 0.157 e. The van der Waals surface area contributed by atoms with E-state index in [1.54, 1.807) is 17.0 Å². The van der Waals surface area contributed by atoms with E-state index in [0.717, 1.165) is 5.69 Å². The van der Waals surface area contributed by atoms with Gasteiger partial charge in [-0.1, -0.05) is 25.1 Å². The lowest BCUT2D eigenvalue weighted by molar-refractivity contribution is -0.117. The maximum atomic E-state index is 11.2. The molecule has 4 heteroatoms. The zero-order valence-corrected chi connectivity index (χ0v) is 8.77. The summed E-state index contributed by atoms with van der Waals surface area (Å²) < 4.78 is 1.74. The number of ketones is 1. The molecule has 0 aliphatic heterocycles. The highest BCUT2D eigenvalue weighted by molar-refractivity contribution is 5.91. The van der Waals surface area contributed by atoms with Crippen molar-refractivity contribution in [2.45, 2.75) is 27.3 Å². The van der Waals surface area contributed by atoms with Crippen LogP contribution in [0.15, 0.2) is 18.3 Å². The van der Waals surface area contributed by atoms with Crippen molar-refractivity contribution in [3.8, 4) is 0 Å². The maximum Gasteiger partial charge on any atom is 0.157 e. The number of rotatable bonds is 4. The van der Waals surface area contributed by atoms with Crippen molar-refractivity contribution in [1.29, 1.82) is 0 Å². The Labute approximate surface area is 83.6 Å². The standard InChI is InChI=1S/C10H15N3O/c1-8(2)10(14)5-4-6-13-9(3)7-11-12-13/h4-5,7-8H,6H2,1-3H3/b5-4+. The summed E-state index contributed by atoms with van der Waals surface area (Å²) in [6.45, 7) is 6.29. The quantitative estimate of drug-likeness (QED) is 0.678. The summed E-state index contributed by atoms with van der Waals surface area (Å²) in [5.41, 5.74) is 0.992. The van der Waals surface area contributed by atoms with E-state index in [2.05, 4.69) is 10.3 Å². The normalized spacial score (nSPS) is 11.4. The van der Waals surface area contributed by atoms with Crippen LogP contribution >= 0.6 is 0 Å². The first-order valence-corrected chi connectivity index (χ1v) is 4.66. The van der Waals surface area contributed by atoms with Gasteiger partial charge in [0.15, 0.2) is 5.78 Å². The van der Waals surface area contributed by atoms with E-state index in [-0.39, 0.29) is 11.7 Å². The predicted octanol–water partition coefficient (Wildman–Crippen LogP) is 1.37. The van der Waals surface area contributed by atoms with Crippen LogP contribution in [0.25, 0.3) is 0 Å². The van der Waals surface area contributed by atoms with Gasteiger partial charge in [0.2, 0.25) is 0 Å². The Morgan fingerprint density at radius 1 is 1.64 bits per heavy atom. The fraction of sp³-hybridized carbons (Fsp3) is 0.500. The Balaban J connectivity index is 2.49. The SMILES string of the molecule is Cc1cnnn1C/C=C/C(=O)C(C)C. The average Bonchev–Trinajstić information content (AvgIpc) is 2.51. The molecule has 0 fully saturated rings. The van der Waals surface area contributed by atoms with Crippen LogP contribution in [-0.4, -0.2) is 20.8 Å². The Hall–Kier alpha value is -1.45. The minimum atomic E-state index is 0.0584. The van der Waals surface area contributed by atoms with Crippen molar-refractivity contribution in [1.82, 2.24) is 15.0 Å². The van der Waals surface area contributed by atoms with Crippen LogP contribution in [-0.2, 0) is 11.3 Å². The van der Waals surface area contributed by atoms with Crippen LogP contribution in [0.3, 0.4) is 0 Å². The van der Waals surface area contributed by atoms with Gasteiger partial charge >= 0.3 is 0 Å². The molecule has 0 N–H and O–H groups in total. The van der Waals surface area contributed by atoms with Crippen molar-refractivity contribution in [3.63, 3.8) is 0 Å². The minimum Gasteiger partial charge on any atom is -0.295 e. The highest BCUT2D eigenvalue weighted by Crippen LogP contribution is 1.97. The maximum absolute atomic E-state index is 11.2. The Morgan fingerprint density at radius 2 is 2.36 bits per heavy atom. The van der Waals surface area contributed by atoms with E-state index in [4.69, 9.17) is 0 Å². The van der Waals surface area contributed by atoms with Crippen LogP contribution in [0.4, 0.5) is 0 Å². The van der Waals surface area contributed by atoms with Crippen molar-refractivity contribution in [2.24, 2.45) is 5.92 Å². The molecule has 1 heterocycles. The average molecular weight is 193 g/mol. The molecular weight excluding hydrogens is 178 g/mol. The van der Waals surface area contributed by atoms with Gasteiger partial charge in [-0.15, -0.1) is 5.10 Å². The molecule has 1 rings (SSSR count). The van der Waals surface area contributed by atoms with E-state index in [9.17, 15) is 4.79 Å². The number of aryl methyl sites for hydroxylation is 1. The van der Waals surface area contributed by atoms with Gasteiger partial charge in [-0.05, 0) is 13.0 Å². The highest BCUT2D eigenvalue weighted by atomic mass is 16.1. The van der Waals surface area contributed by atoms with E-state index >= 15 is 0 Å². The van der Waals surface area contributed by atoms with Crippen LogP contribution in [0, 0.1) is 12.8 Å². The summed E-state index contributed by atoms with van der Waals surface area (Å²) in [4.78, 5) is 11.2. The van der Waals surface area contributed by atoms with Gasteiger partial charge in [0, 0.05) is 5.92 Å². The molecule has 0 atom stereocenters. The Bertz CT molecular complexity index is 339. The highest BCUT2D eigenvalue weighted by Gasteiger charge is 2.01. The Kier molecular flexibility index (Phi) is 3.56. The van der Waals surface area contributed by atoms with Gasteiger partial charge < -0.3 is 0 Å². The summed E-state index contributed by atoms with van der Waals surface area (Å²) in [5.74, 6) is 0.200. The van der Waals surface area contributed by atoms with Gasteiger partial charge in [0.05, 0.1) is 18.4 Å². The molecule has 0 unspecified atom stereocenters. The van der Waals surface area contributed by atoms with Gasteiger partial charge in [0.1, 0.15) is 0 Å². The molecule has 0 spiro atoms. The molecule has 76 valence electrons. The lowest BCUT2D eigenvalue weighted by atomic mass is 10.1. The topological polar surface area (TPSA) is 47.8 Å². The molecule has 0 saturated heterocycles. The van der Waals surface area contributed by atoms with Crippen LogP contribution in [0.5, 0.6) is 0 Å². The molecule has 1 aromatic heterocycles. The van der Waals surface area contributed by atoms with Crippen molar-refractivity contribution < 1.29 is 4.79 Å². The zero-order chi connectivity index (χ0) is 10.6. The lowest BCUT2D eigenvalue weighted by Crippen LogP contribution is -2.04. The van der Waals surface area contributed by atoms with Crippen LogP contribution < -0.4 is 0 Å². The van der Waals surface area contributed by atoms with Gasteiger partial charge in [-0.25, -0.2) is 4.68 Å². The molecule has 0 amide bonds. The lowest BCUT2D eigenvalue weighted by Gasteiger charge is -1.98. The summed E-state index contributed by atoms with van der Waals surface area (Å²) in [6.07, 6.45) is 5.11. The van der Waals surface area contributed by atoms with Crippen molar-refractivity contribution >= 4 is 5.78 Å². The molecule has 0 aromatic carbocycles. The molecule has 14 heavy (non-hydrogen) atoms. The number of hydrogen-bond donors (Lipinski definition) is 0. The van der Waals surface area contributed by atoms with E-state index in [1.165, 1.54) is 0 Å². The van der Waals surface area contributed by atoms with Crippen LogP contribution in [0.1, 0.15) is 19.5 Å². The fourth-order valence-corrected chi connectivity index (χ4v) is 0.951. The predicted molar refractivity (Wildman–Crippen MR) is 53.7 cm³/mol. The molecule has 4 nitrogen and oxygen atoms in total. The third kappa shape index (κ3) is 2.80. The Morgan fingerprint density at radius 3 is 2.86 bits per heavy atom. The second kappa shape index (κ2) is 4.69. The van der Waals surface area contributed by atoms with E-state index < -0.39 is 0 Å². The summed E-state index contributed by atoms with van der Waals surface area (Å²) in [6, 6.07) is 0. The molecule has 0 aliphatic rings. The molecule has 0 radical (unpaired) electrons.